The highest BCUT2D eigenvalue weighted by Gasteiger charge is 2.28. The first-order chi connectivity index (χ1) is 5.66. The Morgan fingerprint density at radius 3 is 2.67 bits per heavy atom. The molecule has 1 rings (SSSR count). The standard InChI is InChI=1S/C9H13IO2/c1-3-4-5-7-8(10)6(2)9(11)12-7/h7H,3-5H2,1-2H3. The number of hydrogen-bond donors (Lipinski definition) is 0. The van der Waals surface area contributed by atoms with Crippen molar-refractivity contribution in [1.82, 2.24) is 0 Å². The van der Waals surface area contributed by atoms with Gasteiger partial charge in [-0.25, -0.2) is 4.79 Å². The van der Waals surface area contributed by atoms with E-state index in [9.17, 15) is 4.79 Å². The van der Waals surface area contributed by atoms with Crippen LogP contribution in [0.25, 0.3) is 0 Å². The van der Waals surface area contributed by atoms with Crippen molar-refractivity contribution in [2.75, 3.05) is 0 Å². The maximum Gasteiger partial charge on any atom is 0.335 e. The van der Waals surface area contributed by atoms with Crippen LogP contribution in [-0.4, -0.2) is 12.1 Å². The predicted molar refractivity (Wildman–Crippen MR) is 56.1 cm³/mol. The second kappa shape index (κ2) is 4.25. The minimum atomic E-state index is -0.138. The van der Waals surface area contributed by atoms with Crippen molar-refractivity contribution in [2.45, 2.75) is 39.2 Å². The van der Waals surface area contributed by atoms with E-state index in [1.165, 1.54) is 0 Å². The number of halogens is 1. The SMILES string of the molecule is CCCCC1OC(=O)C(C)=C1I. The molecule has 0 N–H and O–H groups in total. The topological polar surface area (TPSA) is 26.3 Å². The molecule has 1 unspecified atom stereocenters. The fourth-order valence-corrected chi connectivity index (χ4v) is 1.84. The van der Waals surface area contributed by atoms with Crippen LogP contribution in [0.5, 0.6) is 0 Å². The molecular formula is C9H13IO2. The minimum absolute atomic E-state index is 0.0537. The molecule has 1 aliphatic rings. The summed E-state index contributed by atoms with van der Waals surface area (Å²) in [4.78, 5) is 11.1. The molecule has 0 aromatic carbocycles. The van der Waals surface area contributed by atoms with Crippen molar-refractivity contribution >= 4 is 28.6 Å². The smallest absolute Gasteiger partial charge is 0.335 e. The van der Waals surface area contributed by atoms with Gasteiger partial charge in [0.1, 0.15) is 6.10 Å². The van der Waals surface area contributed by atoms with E-state index in [2.05, 4.69) is 29.5 Å². The van der Waals surface area contributed by atoms with Crippen molar-refractivity contribution in [3.63, 3.8) is 0 Å². The molecule has 1 heterocycles. The first kappa shape index (κ1) is 10.0. The van der Waals surface area contributed by atoms with Gasteiger partial charge in [0.05, 0.1) is 0 Å². The van der Waals surface area contributed by atoms with Gasteiger partial charge >= 0.3 is 5.97 Å². The highest BCUT2D eigenvalue weighted by Crippen LogP contribution is 2.30. The van der Waals surface area contributed by atoms with E-state index in [0.717, 1.165) is 28.4 Å². The van der Waals surface area contributed by atoms with E-state index >= 15 is 0 Å². The van der Waals surface area contributed by atoms with Gasteiger partial charge in [-0.05, 0) is 42.4 Å². The molecule has 1 aliphatic heterocycles. The number of hydrogen-bond acceptors (Lipinski definition) is 2. The van der Waals surface area contributed by atoms with E-state index in [4.69, 9.17) is 4.74 Å². The number of carbonyl (C=O) groups is 1. The van der Waals surface area contributed by atoms with Crippen LogP contribution < -0.4 is 0 Å². The molecular weight excluding hydrogens is 267 g/mol. The zero-order chi connectivity index (χ0) is 9.14. The van der Waals surface area contributed by atoms with Crippen LogP contribution in [0, 0.1) is 0 Å². The molecule has 0 saturated heterocycles. The quantitative estimate of drug-likeness (QED) is 0.587. The molecule has 0 fully saturated rings. The zero-order valence-corrected chi connectivity index (χ0v) is 9.55. The van der Waals surface area contributed by atoms with Crippen molar-refractivity contribution in [3.05, 3.63) is 9.15 Å². The van der Waals surface area contributed by atoms with Crippen LogP contribution >= 0.6 is 22.6 Å². The van der Waals surface area contributed by atoms with Crippen LogP contribution in [0.3, 0.4) is 0 Å². The zero-order valence-electron chi connectivity index (χ0n) is 7.39. The number of rotatable bonds is 3. The summed E-state index contributed by atoms with van der Waals surface area (Å²) in [6.07, 6.45) is 3.30. The maximum absolute atomic E-state index is 11.1. The Morgan fingerprint density at radius 2 is 2.25 bits per heavy atom. The van der Waals surface area contributed by atoms with Crippen LogP contribution in [-0.2, 0) is 9.53 Å². The maximum atomic E-state index is 11.1. The molecule has 0 radical (unpaired) electrons. The molecule has 12 heavy (non-hydrogen) atoms. The highest BCUT2D eigenvalue weighted by molar-refractivity contribution is 14.1. The average molecular weight is 280 g/mol. The molecule has 1 atom stereocenters. The van der Waals surface area contributed by atoms with Crippen molar-refractivity contribution in [2.24, 2.45) is 0 Å². The van der Waals surface area contributed by atoms with Gasteiger partial charge < -0.3 is 4.74 Å². The summed E-state index contributed by atoms with van der Waals surface area (Å²) in [7, 11) is 0. The van der Waals surface area contributed by atoms with E-state index < -0.39 is 0 Å². The number of unbranched alkanes of at least 4 members (excludes halogenated alkanes) is 1. The summed E-state index contributed by atoms with van der Waals surface area (Å²) in [6.45, 7) is 3.97. The molecule has 0 spiro atoms. The minimum Gasteiger partial charge on any atom is -0.454 e. The van der Waals surface area contributed by atoms with Crippen molar-refractivity contribution in [3.8, 4) is 0 Å². The fraction of sp³-hybridized carbons (Fsp3) is 0.667. The highest BCUT2D eigenvalue weighted by atomic mass is 127. The van der Waals surface area contributed by atoms with Gasteiger partial charge in [-0.15, -0.1) is 0 Å². The van der Waals surface area contributed by atoms with Gasteiger partial charge in [0, 0.05) is 9.15 Å². The third-order valence-corrected chi connectivity index (χ3v) is 3.52. The number of carbonyl (C=O) groups excluding carboxylic acids is 1. The molecule has 3 heteroatoms. The molecule has 0 saturated carbocycles. The Hall–Kier alpha value is -0.0600. The van der Waals surface area contributed by atoms with Crippen LogP contribution in [0.1, 0.15) is 33.1 Å². The number of cyclic esters (lactones) is 1. The lowest BCUT2D eigenvalue weighted by atomic mass is 10.1. The Balaban J connectivity index is 2.55. The lowest BCUT2D eigenvalue weighted by Gasteiger charge is -2.08. The summed E-state index contributed by atoms with van der Waals surface area (Å²) < 4.78 is 6.26. The van der Waals surface area contributed by atoms with Crippen LogP contribution in [0.4, 0.5) is 0 Å². The van der Waals surface area contributed by atoms with Gasteiger partial charge in [0.25, 0.3) is 0 Å². The average Bonchev–Trinajstić information content (AvgIpc) is 2.30. The lowest BCUT2D eigenvalue weighted by Crippen LogP contribution is -2.09. The van der Waals surface area contributed by atoms with Gasteiger partial charge in [0.15, 0.2) is 0 Å². The van der Waals surface area contributed by atoms with Gasteiger partial charge in [-0.3, -0.25) is 0 Å². The summed E-state index contributed by atoms with van der Waals surface area (Å²) in [5.41, 5.74) is 0.789. The summed E-state index contributed by atoms with van der Waals surface area (Å²) >= 11 is 2.21. The third kappa shape index (κ3) is 2.00. The van der Waals surface area contributed by atoms with E-state index in [1.54, 1.807) is 0 Å². The summed E-state index contributed by atoms with van der Waals surface area (Å²) in [5, 5.41) is 0. The second-order valence-electron chi connectivity index (χ2n) is 3.01. The van der Waals surface area contributed by atoms with Gasteiger partial charge in [-0.1, -0.05) is 13.3 Å². The second-order valence-corrected chi connectivity index (χ2v) is 4.17. The van der Waals surface area contributed by atoms with E-state index in [1.807, 2.05) is 6.92 Å². The van der Waals surface area contributed by atoms with Crippen molar-refractivity contribution in [1.29, 1.82) is 0 Å². The third-order valence-electron chi connectivity index (χ3n) is 2.02. The molecule has 0 aromatic rings. The lowest BCUT2D eigenvalue weighted by molar-refractivity contribution is -0.139. The Labute approximate surface area is 86.5 Å². The normalized spacial score (nSPS) is 23.2. The Morgan fingerprint density at radius 1 is 1.58 bits per heavy atom. The van der Waals surface area contributed by atoms with Gasteiger partial charge in [-0.2, -0.15) is 0 Å². The molecule has 0 aliphatic carbocycles. The van der Waals surface area contributed by atoms with Gasteiger partial charge in [0.2, 0.25) is 0 Å². The summed E-state index contributed by atoms with van der Waals surface area (Å²) in [5.74, 6) is -0.138. The van der Waals surface area contributed by atoms with E-state index in [0.29, 0.717) is 0 Å². The number of esters is 1. The molecule has 68 valence electrons. The van der Waals surface area contributed by atoms with Crippen LogP contribution in [0.2, 0.25) is 0 Å². The Kier molecular flexibility index (Phi) is 3.55. The molecule has 0 bridgehead atoms. The summed E-state index contributed by atoms with van der Waals surface area (Å²) in [6, 6.07) is 0. The van der Waals surface area contributed by atoms with Crippen LogP contribution in [0.15, 0.2) is 9.15 Å². The first-order valence-electron chi connectivity index (χ1n) is 4.24. The molecule has 2 nitrogen and oxygen atoms in total. The van der Waals surface area contributed by atoms with E-state index in [-0.39, 0.29) is 12.1 Å². The molecule has 0 aromatic heterocycles. The molecule has 0 amide bonds. The van der Waals surface area contributed by atoms with Crippen molar-refractivity contribution < 1.29 is 9.53 Å². The monoisotopic (exact) mass is 280 g/mol. The predicted octanol–water partition coefficient (Wildman–Crippen LogP) is 2.81. The first-order valence-corrected chi connectivity index (χ1v) is 5.32. The largest absolute Gasteiger partial charge is 0.454 e. The fourth-order valence-electron chi connectivity index (χ4n) is 1.18. The Bertz CT molecular complexity index is 221. The number of ether oxygens (including phenoxy) is 1.